The molecule has 0 N–H and O–H groups in total. The summed E-state index contributed by atoms with van der Waals surface area (Å²) in [5, 5.41) is 4.41. The van der Waals surface area contributed by atoms with Crippen LogP contribution in [0.4, 0.5) is 4.39 Å². The Morgan fingerprint density at radius 2 is 1.82 bits per heavy atom. The van der Waals surface area contributed by atoms with E-state index in [4.69, 9.17) is 16.3 Å². The monoisotopic (exact) mass is 633 g/mol. The number of rotatable bonds is 13. The first-order valence-electron chi connectivity index (χ1n) is 13.9. The molecule has 2 heterocycles. The highest BCUT2D eigenvalue weighted by atomic mass is 35.5. The Hall–Kier alpha value is -4.28. The fourth-order valence-corrected chi connectivity index (χ4v) is 7.13. The lowest BCUT2D eigenvalue weighted by Gasteiger charge is -2.24. The number of carbonyl (C=O) groups is 1. The molecule has 5 rings (SSSR count). The molecule has 1 fully saturated rings. The highest BCUT2D eigenvalue weighted by molar-refractivity contribution is 7.89. The third kappa shape index (κ3) is 6.92. The number of methoxy groups -OCH3 is 1. The SMILES string of the molecule is COc1ccc([C@H](c2ccc(Cl)cc2)[C@H](N=[N+]=[N-])C(=O)Cc2cccc(F)c2CC[C@H]2CN2S(=O)(=O)c2ccccc2)cn1. The van der Waals surface area contributed by atoms with Gasteiger partial charge in [0.2, 0.25) is 15.9 Å². The molecular formula is C32H29ClFN5O4S. The Bertz CT molecular complexity index is 1780. The molecule has 1 aliphatic rings. The number of ether oxygens (including phenoxy) is 1. The maximum absolute atomic E-state index is 15.2. The highest BCUT2D eigenvalue weighted by Gasteiger charge is 2.44. The number of azide groups is 1. The summed E-state index contributed by atoms with van der Waals surface area (Å²) >= 11 is 6.12. The van der Waals surface area contributed by atoms with Crippen LogP contribution in [0.2, 0.25) is 5.02 Å². The zero-order chi connectivity index (χ0) is 31.3. The summed E-state index contributed by atoms with van der Waals surface area (Å²) in [5.74, 6) is -1.22. The number of sulfonamides is 1. The number of pyridine rings is 1. The number of hydrogen-bond donors (Lipinski definition) is 0. The van der Waals surface area contributed by atoms with Gasteiger partial charge in [0.25, 0.3) is 0 Å². The van der Waals surface area contributed by atoms with Gasteiger partial charge in [0.05, 0.1) is 12.0 Å². The van der Waals surface area contributed by atoms with Crippen LogP contribution in [-0.4, -0.2) is 49.2 Å². The van der Waals surface area contributed by atoms with E-state index < -0.39 is 33.6 Å². The Labute approximate surface area is 259 Å². The fourth-order valence-electron chi connectivity index (χ4n) is 5.37. The van der Waals surface area contributed by atoms with Gasteiger partial charge in [0.15, 0.2) is 0 Å². The number of hydrogen-bond acceptors (Lipinski definition) is 6. The largest absolute Gasteiger partial charge is 0.481 e. The van der Waals surface area contributed by atoms with Crippen LogP contribution in [0.5, 0.6) is 5.88 Å². The lowest BCUT2D eigenvalue weighted by atomic mass is 9.82. The molecule has 0 radical (unpaired) electrons. The van der Waals surface area contributed by atoms with E-state index in [0.29, 0.717) is 46.1 Å². The minimum absolute atomic E-state index is 0.193. The van der Waals surface area contributed by atoms with Crippen LogP contribution < -0.4 is 4.74 Å². The number of ketones is 1. The van der Waals surface area contributed by atoms with Gasteiger partial charge in [-0.25, -0.2) is 17.8 Å². The van der Waals surface area contributed by atoms with Crippen molar-refractivity contribution >= 4 is 27.4 Å². The molecule has 0 spiro atoms. The average molecular weight is 634 g/mol. The molecule has 0 aliphatic carbocycles. The zero-order valence-corrected chi connectivity index (χ0v) is 25.3. The van der Waals surface area contributed by atoms with Gasteiger partial charge < -0.3 is 4.74 Å². The Balaban J connectivity index is 1.38. The van der Waals surface area contributed by atoms with E-state index >= 15 is 4.39 Å². The first-order valence-corrected chi connectivity index (χ1v) is 15.7. The predicted octanol–water partition coefficient (Wildman–Crippen LogP) is 6.51. The molecule has 0 bridgehead atoms. The molecule has 44 heavy (non-hydrogen) atoms. The standard InChI is InChI=1S/C32H29ClFN5O4S/c1-43-30-17-12-23(19-36-30)31(21-10-13-24(33)14-11-21)32(37-38-35)29(40)18-22-6-5-9-28(34)27(22)16-15-25-20-39(25)44(41,42)26-7-3-2-4-8-26/h2-14,17,19,25,31-32H,15-16,18,20H2,1H3/t25-,31-,32+,39?/m0/s1. The molecular weight excluding hydrogens is 605 g/mol. The molecule has 0 saturated carbocycles. The first-order chi connectivity index (χ1) is 21.2. The molecule has 1 aromatic heterocycles. The summed E-state index contributed by atoms with van der Waals surface area (Å²) in [6.45, 7) is 0.345. The second kappa shape index (κ2) is 13.6. The molecule has 3 aromatic carbocycles. The van der Waals surface area contributed by atoms with E-state index in [2.05, 4.69) is 15.0 Å². The molecule has 4 atom stereocenters. The highest BCUT2D eigenvalue weighted by Crippen LogP contribution is 2.34. The van der Waals surface area contributed by atoms with Gasteiger partial charge in [-0.05, 0) is 71.0 Å². The fraction of sp³-hybridized carbons (Fsp3) is 0.250. The van der Waals surface area contributed by atoms with E-state index in [-0.39, 0.29) is 23.8 Å². The van der Waals surface area contributed by atoms with Crippen molar-refractivity contribution in [2.24, 2.45) is 5.11 Å². The van der Waals surface area contributed by atoms with Crippen molar-refractivity contribution in [1.29, 1.82) is 0 Å². The molecule has 1 unspecified atom stereocenters. The average Bonchev–Trinajstić information content (AvgIpc) is 3.83. The maximum atomic E-state index is 15.2. The van der Waals surface area contributed by atoms with Crippen LogP contribution in [0.15, 0.2) is 101 Å². The van der Waals surface area contributed by atoms with E-state index in [1.54, 1.807) is 79.0 Å². The normalized spacial score (nSPS) is 17.2. The Kier molecular flexibility index (Phi) is 9.61. The van der Waals surface area contributed by atoms with Crippen LogP contribution >= 0.6 is 11.6 Å². The number of nitrogens with zero attached hydrogens (tertiary/aromatic N) is 5. The van der Waals surface area contributed by atoms with Crippen molar-refractivity contribution in [1.82, 2.24) is 9.29 Å². The van der Waals surface area contributed by atoms with Gasteiger partial charge in [-0.2, -0.15) is 4.31 Å². The molecule has 9 nitrogen and oxygen atoms in total. The first kappa shape index (κ1) is 31.2. The van der Waals surface area contributed by atoms with Crippen molar-refractivity contribution in [2.45, 2.75) is 42.2 Å². The molecule has 4 aromatic rings. The van der Waals surface area contributed by atoms with Crippen LogP contribution in [-0.2, 0) is 27.7 Å². The van der Waals surface area contributed by atoms with E-state index in [9.17, 15) is 18.7 Å². The summed E-state index contributed by atoms with van der Waals surface area (Å²) in [5.41, 5.74) is 11.6. The summed E-state index contributed by atoms with van der Waals surface area (Å²) in [7, 11) is -2.14. The van der Waals surface area contributed by atoms with Gasteiger partial charge in [-0.1, -0.05) is 65.2 Å². The summed E-state index contributed by atoms with van der Waals surface area (Å²) in [4.78, 5) is 21.4. The summed E-state index contributed by atoms with van der Waals surface area (Å²) in [6.07, 6.45) is 1.99. The number of aromatic nitrogens is 1. The maximum Gasteiger partial charge on any atom is 0.243 e. The number of carbonyl (C=O) groups excluding carboxylic acids is 1. The topological polar surface area (TPSA) is 125 Å². The quantitative estimate of drug-likeness (QED) is 0.0718. The van der Waals surface area contributed by atoms with Gasteiger partial charge >= 0.3 is 0 Å². The smallest absolute Gasteiger partial charge is 0.243 e. The molecule has 1 aliphatic heterocycles. The molecule has 0 amide bonds. The summed E-state index contributed by atoms with van der Waals surface area (Å²) in [6, 6.07) is 21.5. The lowest BCUT2D eigenvalue weighted by Crippen LogP contribution is -2.29. The van der Waals surface area contributed by atoms with Gasteiger partial charge in [0, 0.05) is 47.1 Å². The van der Waals surface area contributed by atoms with Crippen molar-refractivity contribution in [3.05, 3.63) is 135 Å². The molecule has 1 saturated heterocycles. The van der Waals surface area contributed by atoms with Crippen LogP contribution in [0.1, 0.15) is 34.6 Å². The zero-order valence-electron chi connectivity index (χ0n) is 23.8. The van der Waals surface area contributed by atoms with E-state index in [1.807, 2.05) is 0 Å². The third-order valence-corrected chi connectivity index (χ3v) is 9.89. The number of Topliss-reactive ketones (excluding diaryl/α,β-unsaturated/α-hetero) is 1. The van der Waals surface area contributed by atoms with E-state index in [1.165, 1.54) is 23.5 Å². The van der Waals surface area contributed by atoms with Crippen molar-refractivity contribution in [3.8, 4) is 5.88 Å². The van der Waals surface area contributed by atoms with Gasteiger partial charge in [-0.15, -0.1) is 0 Å². The number of benzene rings is 3. The summed E-state index contributed by atoms with van der Waals surface area (Å²) < 4.78 is 47.6. The number of halogens is 2. The third-order valence-electron chi connectivity index (χ3n) is 7.70. The Morgan fingerprint density at radius 3 is 2.48 bits per heavy atom. The van der Waals surface area contributed by atoms with E-state index in [0.717, 1.165) is 0 Å². The second-order valence-corrected chi connectivity index (χ2v) is 12.7. The van der Waals surface area contributed by atoms with Crippen molar-refractivity contribution in [3.63, 3.8) is 0 Å². The van der Waals surface area contributed by atoms with Crippen LogP contribution in [0, 0.1) is 5.82 Å². The molecule has 12 heteroatoms. The second-order valence-electron chi connectivity index (χ2n) is 10.4. The van der Waals surface area contributed by atoms with Gasteiger partial charge in [0.1, 0.15) is 17.6 Å². The minimum Gasteiger partial charge on any atom is -0.481 e. The van der Waals surface area contributed by atoms with Crippen LogP contribution in [0.25, 0.3) is 10.4 Å². The minimum atomic E-state index is -3.63. The predicted molar refractivity (Wildman–Crippen MR) is 165 cm³/mol. The van der Waals surface area contributed by atoms with Crippen molar-refractivity contribution < 1.29 is 22.3 Å². The van der Waals surface area contributed by atoms with Gasteiger partial charge in [-0.3, -0.25) is 4.79 Å². The Morgan fingerprint density at radius 1 is 1.09 bits per heavy atom. The lowest BCUT2D eigenvalue weighted by molar-refractivity contribution is -0.119. The van der Waals surface area contributed by atoms with Crippen molar-refractivity contribution in [2.75, 3.05) is 13.7 Å². The van der Waals surface area contributed by atoms with Crippen LogP contribution in [0.3, 0.4) is 0 Å². The molecule has 226 valence electrons.